The topological polar surface area (TPSA) is 17.1 Å². The summed E-state index contributed by atoms with van der Waals surface area (Å²) in [5.74, 6) is 1.94. The molecule has 1 nitrogen and oxygen atoms in total. The van der Waals surface area contributed by atoms with E-state index in [0.717, 1.165) is 28.5 Å². The first-order chi connectivity index (χ1) is 6.77. The van der Waals surface area contributed by atoms with E-state index in [2.05, 4.69) is 0 Å². The second-order valence-corrected chi connectivity index (χ2v) is 6.78. The molecule has 4 heteroatoms. The van der Waals surface area contributed by atoms with Crippen LogP contribution in [0.4, 0.5) is 0 Å². The molecule has 1 aliphatic heterocycles. The van der Waals surface area contributed by atoms with Crippen molar-refractivity contribution in [3.05, 3.63) is 34.9 Å². The van der Waals surface area contributed by atoms with Crippen LogP contribution in [0.5, 0.6) is 0 Å². The van der Waals surface area contributed by atoms with Crippen LogP contribution in [-0.4, -0.2) is 15.7 Å². The van der Waals surface area contributed by atoms with Gasteiger partial charge in [0.15, 0.2) is 0 Å². The van der Waals surface area contributed by atoms with E-state index in [1.807, 2.05) is 24.3 Å². The van der Waals surface area contributed by atoms with Crippen LogP contribution in [0.25, 0.3) is 0 Å². The third kappa shape index (κ3) is 2.33. The zero-order chi connectivity index (χ0) is 9.97. The van der Waals surface area contributed by atoms with E-state index >= 15 is 0 Å². The van der Waals surface area contributed by atoms with Crippen molar-refractivity contribution in [1.29, 1.82) is 0 Å². The highest BCUT2D eigenvalue weighted by Crippen LogP contribution is 2.36. The first kappa shape index (κ1) is 10.5. The lowest BCUT2D eigenvalue weighted by atomic mass is 10.2. The van der Waals surface area contributed by atoms with E-state index in [0.29, 0.717) is 0 Å². The molecule has 0 spiro atoms. The lowest BCUT2D eigenvalue weighted by Gasteiger charge is -2.21. The molecule has 0 saturated carbocycles. The van der Waals surface area contributed by atoms with Crippen LogP contribution in [0.15, 0.2) is 24.3 Å². The van der Waals surface area contributed by atoms with Crippen molar-refractivity contribution in [1.82, 2.24) is 0 Å². The number of halogens is 1. The smallest absolute Gasteiger partial charge is 0.105 e. The lowest BCUT2D eigenvalue weighted by Crippen LogP contribution is -2.13. The Hall–Kier alpha value is 0.01000. The molecule has 0 aliphatic carbocycles. The minimum absolute atomic E-state index is 0.154. The largest absolute Gasteiger partial charge is 0.258 e. The highest BCUT2D eigenvalue weighted by molar-refractivity contribution is 8.11. The standard InChI is InChI=1S/C10H11ClOS2/c11-9-4-2-8(3-5-9)10-13-6-1-7-14(10)12/h2-5,10H,1,6-7H2/t10-,14?/m1/s1. The van der Waals surface area contributed by atoms with Crippen LogP contribution in [0.2, 0.25) is 5.02 Å². The zero-order valence-corrected chi connectivity index (χ0v) is 10.00. The number of rotatable bonds is 1. The molecule has 1 unspecified atom stereocenters. The van der Waals surface area contributed by atoms with Crippen LogP contribution < -0.4 is 0 Å². The number of hydrogen-bond donors (Lipinski definition) is 0. The summed E-state index contributed by atoms with van der Waals surface area (Å²) in [6.07, 6.45) is 1.07. The molecule has 0 N–H and O–H groups in total. The quantitative estimate of drug-likeness (QED) is 0.757. The van der Waals surface area contributed by atoms with Crippen molar-refractivity contribution < 1.29 is 4.21 Å². The monoisotopic (exact) mass is 246 g/mol. The summed E-state index contributed by atoms with van der Waals surface area (Å²) in [7, 11) is -0.716. The van der Waals surface area contributed by atoms with Crippen LogP contribution >= 0.6 is 23.4 Å². The summed E-state index contributed by atoms with van der Waals surface area (Å²) >= 11 is 7.59. The zero-order valence-electron chi connectivity index (χ0n) is 7.61. The van der Waals surface area contributed by atoms with E-state index < -0.39 is 10.8 Å². The molecule has 0 radical (unpaired) electrons. The van der Waals surface area contributed by atoms with Gasteiger partial charge < -0.3 is 0 Å². The summed E-state index contributed by atoms with van der Waals surface area (Å²) in [4.78, 5) is 0. The summed E-state index contributed by atoms with van der Waals surface area (Å²) in [6.45, 7) is 0. The second-order valence-electron chi connectivity index (χ2n) is 3.19. The molecule has 14 heavy (non-hydrogen) atoms. The van der Waals surface area contributed by atoms with Crippen LogP contribution in [-0.2, 0) is 10.8 Å². The molecule has 1 saturated heterocycles. The first-order valence-electron chi connectivity index (χ1n) is 4.51. The summed E-state index contributed by atoms with van der Waals surface area (Å²) in [5.41, 5.74) is 1.14. The maximum atomic E-state index is 11.7. The van der Waals surface area contributed by atoms with Gasteiger partial charge in [-0.3, -0.25) is 4.21 Å². The number of benzene rings is 1. The number of thioether (sulfide) groups is 1. The Morgan fingerprint density at radius 2 is 2.07 bits per heavy atom. The molecule has 1 aliphatic rings. The van der Waals surface area contributed by atoms with E-state index in [-0.39, 0.29) is 4.58 Å². The van der Waals surface area contributed by atoms with Gasteiger partial charge in [-0.05, 0) is 29.9 Å². The molecule has 1 heterocycles. The molecule has 1 aromatic rings. The van der Waals surface area contributed by atoms with Crippen molar-refractivity contribution in [3.63, 3.8) is 0 Å². The second kappa shape index (κ2) is 4.69. The minimum atomic E-state index is -0.716. The fraction of sp³-hybridized carbons (Fsp3) is 0.400. The Balaban J connectivity index is 2.20. The van der Waals surface area contributed by atoms with E-state index in [4.69, 9.17) is 11.6 Å². The molecule has 0 aromatic heterocycles. The fourth-order valence-corrected chi connectivity index (χ4v) is 4.91. The van der Waals surface area contributed by atoms with Gasteiger partial charge >= 0.3 is 0 Å². The Bertz CT molecular complexity index is 336. The average Bonchev–Trinajstić information content (AvgIpc) is 2.20. The van der Waals surface area contributed by atoms with Crippen molar-refractivity contribution in [2.24, 2.45) is 0 Å². The Morgan fingerprint density at radius 3 is 2.71 bits per heavy atom. The first-order valence-corrected chi connectivity index (χ1v) is 7.32. The minimum Gasteiger partial charge on any atom is -0.258 e. The van der Waals surface area contributed by atoms with Crippen molar-refractivity contribution in [2.75, 3.05) is 11.5 Å². The van der Waals surface area contributed by atoms with Crippen molar-refractivity contribution in [2.45, 2.75) is 11.0 Å². The Kier molecular flexibility index (Phi) is 3.52. The van der Waals surface area contributed by atoms with Gasteiger partial charge in [0.25, 0.3) is 0 Å². The summed E-state index contributed by atoms with van der Waals surface area (Å²) in [6, 6.07) is 7.68. The Labute approximate surface area is 95.7 Å². The third-order valence-electron chi connectivity index (χ3n) is 2.14. The summed E-state index contributed by atoms with van der Waals surface area (Å²) < 4.78 is 11.9. The summed E-state index contributed by atoms with van der Waals surface area (Å²) in [5, 5.41) is 0.736. The van der Waals surface area contributed by atoms with Crippen LogP contribution in [0.1, 0.15) is 16.6 Å². The normalized spacial score (nSPS) is 27.5. The molecule has 0 amide bonds. The molecule has 1 aromatic carbocycles. The van der Waals surface area contributed by atoms with E-state index in [1.165, 1.54) is 0 Å². The van der Waals surface area contributed by atoms with Gasteiger partial charge in [-0.2, -0.15) is 0 Å². The fourth-order valence-electron chi connectivity index (χ4n) is 1.44. The molecule has 0 bridgehead atoms. The van der Waals surface area contributed by atoms with Crippen LogP contribution in [0.3, 0.4) is 0 Å². The van der Waals surface area contributed by atoms with E-state index in [9.17, 15) is 4.21 Å². The van der Waals surface area contributed by atoms with E-state index in [1.54, 1.807) is 11.8 Å². The maximum Gasteiger partial charge on any atom is 0.105 e. The average molecular weight is 247 g/mol. The maximum absolute atomic E-state index is 11.7. The molecule has 2 atom stereocenters. The van der Waals surface area contributed by atoms with Crippen LogP contribution in [0, 0.1) is 0 Å². The predicted octanol–water partition coefficient (Wildman–Crippen LogP) is 3.22. The van der Waals surface area contributed by atoms with Crippen molar-refractivity contribution in [3.8, 4) is 0 Å². The Morgan fingerprint density at radius 1 is 1.36 bits per heavy atom. The van der Waals surface area contributed by atoms with Gasteiger partial charge in [-0.15, -0.1) is 11.8 Å². The molecule has 1 fully saturated rings. The highest BCUT2D eigenvalue weighted by Gasteiger charge is 2.22. The van der Waals surface area contributed by atoms with Gasteiger partial charge in [-0.25, -0.2) is 0 Å². The van der Waals surface area contributed by atoms with Gasteiger partial charge in [0.2, 0.25) is 0 Å². The third-order valence-corrected chi connectivity index (χ3v) is 5.98. The number of hydrogen-bond acceptors (Lipinski definition) is 2. The van der Waals surface area contributed by atoms with Gasteiger partial charge in [0, 0.05) is 21.6 Å². The molecule has 76 valence electrons. The SMILES string of the molecule is O=S1CCCS[C@H]1c1ccc(Cl)cc1. The molecular weight excluding hydrogens is 236 g/mol. The predicted molar refractivity (Wildman–Crippen MR) is 64.3 cm³/mol. The van der Waals surface area contributed by atoms with Gasteiger partial charge in [0.1, 0.15) is 4.58 Å². The van der Waals surface area contributed by atoms with Gasteiger partial charge in [-0.1, -0.05) is 23.7 Å². The highest BCUT2D eigenvalue weighted by atomic mass is 35.5. The van der Waals surface area contributed by atoms with Gasteiger partial charge in [0.05, 0.1) is 0 Å². The van der Waals surface area contributed by atoms with Crippen molar-refractivity contribution >= 4 is 34.2 Å². The molecule has 2 rings (SSSR count). The molecular formula is C10H11ClOS2. The lowest BCUT2D eigenvalue weighted by molar-refractivity contribution is 0.679.